The van der Waals surface area contributed by atoms with Crippen molar-refractivity contribution in [2.75, 3.05) is 38.8 Å². The minimum absolute atomic E-state index is 0.0401. The molecule has 4 N–H and O–H groups in total. The van der Waals surface area contributed by atoms with Crippen molar-refractivity contribution in [2.45, 2.75) is 64.6 Å². The molecule has 2 saturated heterocycles. The normalized spacial score (nSPS) is 19.7. The van der Waals surface area contributed by atoms with Crippen LogP contribution in [0, 0.1) is 17.8 Å². The number of rotatable bonds is 10. The lowest BCUT2D eigenvalue weighted by Gasteiger charge is -2.32. The van der Waals surface area contributed by atoms with E-state index in [4.69, 9.17) is 19.4 Å². The number of nitrogens with zero attached hydrogens (tertiary/aromatic N) is 4. The van der Waals surface area contributed by atoms with Gasteiger partial charge in [-0.15, -0.1) is 0 Å². The summed E-state index contributed by atoms with van der Waals surface area (Å²) in [6, 6.07) is 34.5. The third-order valence-corrected chi connectivity index (χ3v) is 14.5. The SMILES string of the molecule is COCC1CC(c2nc3c(ccc4cc(-c5ccc6c(ccc7[nH]c([C@@H]8C[C@H](C)CN8c8c(C[C@H](NC(=O)OC)C(C)C)ccc9c8Cc8ccccc8-9)nc76)c5)ccc43)[nH]2)N(C(=O)O)C1. The molecule has 6 aromatic carbocycles. The van der Waals surface area contributed by atoms with Gasteiger partial charge in [-0.05, 0) is 105 Å². The molecule has 2 amide bonds. The van der Waals surface area contributed by atoms with Gasteiger partial charge >= 0.3 is 12.2 Å². The maximum atomic E-state index is 12.5. The number of ether oxygens (including phenoxy) is 2. The van der Waals surface area contributed by atoms with Gasteiger partial charge in [0, 0.05) is 55.0 Å². The number of amides is 2. The molecule has 12 nitrogen and oxygen atoms in total. The summed E-state index contributed by atoms with van der Waals surface area (Å²) in [4.78, 5) is 46.5. The molecule has 8 aromatic rings. The Labute approximate surface area is 383 Å². The Morgan fingerprint density at radius 1 is 0.803 bits per heavy atom. The third-order valence-electron chi connectivity index (χ3n) is 14.5. The topological polar surface area (TPSA) is 149 Å². The Bertz CT molecular complexity index is 3210. The van der Waals surface area contributed by atoms with Gasteiger partial charge in [-0.2, -0.15) is 0 Å². The molecule has 2 fully saturated rings. The third kappa shape index (κ3) is 7.18. The second kappa shape index (κ2) is 16.5. The number of methoxy groups -OCH3 is 2. The first-order valence-corrected chi connectivity index (χ1v) is 23.2. The van der Waals surface area contributed by atoms with Crippen LogP contribution in [0.1, 0.15) is 74.0 Å². The summed E-state index contributed by atoms with van der Waals surface area (Å²) in [5.41, 5.74) is 13.7. The van der Waals surface area contributed by atoms with Crippen LogP contribution >= 0.6 is 0 Å². The highest BCUT2D eigenvalue weighted by Crippen LogP contribution is 2.49. The average Bonchev–Trinajstić information content (AvgIpc) is 4.17. The molecule has 336 valence electrons. The standard InChI is InChI=1S/C54H55N7O5/c1-29(2)45(57-53(62)66-5)25-37-12-17-41-38-9-7-6-8-34(38)24-42(41)50(37)60-26-30(3)20-46(60)51-55-43-18-13-35-22-32(10-15-39(35)48(43)58-51)33-11-16-40-36(23-33)14-19-44-49(40)59-52(56-44)47-21-31(28-65-4)27-61(47)54(63)64/h6-19,22-23,29-31,45-47H,20-21,24-28H2,1-5H3,(H,55,58)(H,56,59)(H,57,62)(H,63,64)/t30-,31?,45-,46-,47?/m0/s1. The zero-order valence-corrected chi connectivity index (χ0v) is 38.0. The number of carbonyl (C=O) groups is 2. The monoisotopic (exact) mass is 881 g/mol. The number of benzene rings is 6. The first-order valence-electron chi connectivity index (χ1n) is 23.2. The van der Waals surface area contributed by atoms with Gasteiger partial charge in [0.2, 0.25) is 0 Å². The molecule has 3 aliphatic rings. The van der Waals surface area contributed by atoms with E-state index >= 15 is 0 Å². The fourth-order valence-electron chi connectivity index (χ4n) is 11.3. The van der Waals surface area contributed by atoms with E-state index in [1.165, 1.54) is 45.5 Å². The lowest BCUT2D eigenvalue weighted by atomic mass is 9.91. The number of aromatic nitrogens is 4. The predicted molar refractivity (Wildman–Crippen MR) is 260 cm³/mol. The van der Waals surface area contributed by atoms with Crippen LogP contribution in [0.15, 0.2) is 97.1 Å². The number of imidazole rings is 2. The fourth-order valence-corrected chi connectivity index (χ4v) is 11.3. The summed E-state index contributed by atoms with van der Waals surface area (Å²) in [5, 5.41) is 17.4. The first kappa shape index (κ1) is 41.8. The van der Waals surface area contributed by atoms with E-state index in [2.05, 4.69) is 132 Å². The van der Waals surface area contributed by atoms with Crippen molar-refractivity contribution >= 4 is 61.5 Å². The Kier molecular flexibility index (Phi) is 10.4. The zero-order chi connectivity index (χ0) is 45.4. The van der Waals surface area contributed by atoms with Crippen molar-refractivity contribution in [3.63, 3.8) is 0 Å². The summed E-state index contributed by atoms with van der Waals surface area (Å²) in [5.74, 6) is 2.41. The molecule has 11 rings (SSSR count). The number of aromatic amines is 2. The van der Waals surface area contributed by atoms with Crippen LogP contribution in [0.4, 0.5) is 15.3 Å². The molecule has 0 saturated carbocycles. The van der Waals surface area contributed by atoms with E-state index in [0.29, 0.717) is 37.7 Å². The largest absolute Gasteiger partial charge is 0.465 e. The maximum Gasteiger partial charge on any atom is 0.407 e. The summed E-state index contributed by atoms with van der Waals surface area (Å²) in [7, 11) is 3.08. The summed E-state index contributed by atoms with van der Waals surface area (Å²) in [6.07, 6.45) is 1.84. The number of anilines is 1. The van der Waals surface area contributed by atoms with Crippen LogP contribution in [0.3, 0.4) is 0 Å². The molecule has 5 atom stereocenters. The molecule has 0 radical (unpaired) electrons. The number of alkyl carbamates (subject to hydrolysis) is 1. The van der Waals surface area contributed by atoms with Gasteiger partial charge in [-0.25, -0.2) is 19.6 Å². The second-order valence-electron chi connectivity index (χ2n) is 19.2. The number of H-pyrrole nitrogens is 2. The van der Waals surface area contributed by atoms with Crippen molar-refractivity contribution in [1.29, 1.82) is 0 Å². The van der Waals surface area contributed by atoms with Gasteiger partial charge in [0.1, 0.15) is 11.6 Å². The number of carboxylic acid groups (broad SMARTS) is 1. The van der Waals surface area contributed by atoms with Gasteiger partial charge in [-0.3, -0.25) is 4.90 Å². The van der Waals surface area contributed by atoms with Crippen LogP contribution in [0.5, 0.6) is 0 Å². The smallest absolute Gasteiger partial charge is 0.407 e. The van der Waals surface area contributed by atoms with Gasteiger partial charge in [0.15, 0.2) is 0 Å². The van der Waals surface area contributed by atoms with Crippen molar-refractivity contribution in [3.8, 4) is 22.3 Å². The van der Waals surface area contributed by atoms with Crippen LogP contribution in [-0.4, -0.2) is 82.1 Å². The van der Waals surface area contributed by atoms with Crippen molar-refractivity contribution in [1.82, 2.24) is 30.2 Å². The Hall–Kier alpha value is -6.92. The number of fused-ring (bicyclic) bond motifs is 9. The fraction of sp³-hybridized carbons (Fsp3) is 0.333. The van der Waals surface area contributed by atoms with Crippen LogP contribution < -0.4 is 10.2 Å². The molecular weight excluding hydrogens is 827 g/mol. The van der Waals surface area contributed by atoms with E-state index in [1.807, 2.05) is 6.07 Å². The summed E-state index contributed by atoms with van der Waals surface area (Å²) >= 11 is 0. The Morgan fingerprint density at radius 2 is 1.47 bits per heavy atom. The van der Waals surface area contributed by atoms with Crippen LogP contribution in [0.25, 0.3) is 65.9 Å². The minimum Gasteiger partial charge on any atom is -0.465 e. The van der Waals surface area contributed by atoms with Crippen LogP contribution in [0.2, 0.25) is 0 Å². The zero-order valence-electron chi connectivity index (χ0n) is 38.0. The predicted octanol–water partition coefficient (Wildman–Crippen LogP) is 11.2. The molecule has 2 aliphatic heterocycles. The number of carbonyl (C=O) groups excluding carboxylic acids is 1. The highest BCUT2D eigenvalue weighted by Gasteiger charge is 2.39. The van der Waals surface area contributed by atoms with E-state index in [1.54, 1.807) is 7.11 Å². The van der Waals surface area contributed by atoms with E-state index in [9.17, 15) is 14.7 Å². The molecule has 2 unspecified atom stereocenters. The maximum absolute atomic E-state index is 12.5. The quantitative estimate of drug-likeness (QED) is 0.106. The summed E-state index contributed by atoms with van der Waals surface area (Å²) < 4.78 is 10.4. The molecular formula is C54H55N7O5. The lowest BCUT2D eigenvalue weighted by molar-refractivity contribution is 0.131. The lowest BCUT2D eigenvalue weighted by Crippen LogP contribution is -2.40. The van der Waals surface area contributed by atoms with Gasteiger partial charge in [0.25, 0.3) is 0 Å². The van der Waals surface area contributed by atoms with Crippen molar-refractivity contribution in [2.24, 2.45) is 17.8 Å². The van der Waals surface area contributed by atoms with E-state index in [-0.39, 0.29) is 30.0 Å². The van der Waals surface area contributed by atoms with Gasteiger partial charge in [-0.1, -0.05) is 93.6 Å². The molecule has 4 heterocycles. The van der Waals surface area contributed by atoms with Crippen molar-refractivity contribution < 1.29 is 24.2 Å². The summed E-state index contributed by atoms with van der Waals surface area (Å²) in [6.45, 7) is 8.48. The van der Waals surface area contributed by atoms with E-state index in [0.717, 1.165) is 79.9 Å². The van der Waals surface area contributed by atoms with Crippen molar-refractivity contribution in [3.05, 3.63) is 125 Å². The molecule has 2 aromatic heterocycles. The van der Waals surface area contributed by atoms with E-state index < -0.39 is 12.2 Å². The Morgan fingerprint density at radius 3 is 2.11 bits per heavy atom. The molecule has 12 heteroatoms. The number of hydrogen-bond acceptors (Lipinski definition) is 7. The highest BCUT2D eigenvalue weighted by molar-refractivity contribution is 6.07. The molecule has 66 heavy (non-hydrogen) atoms. The molecule has 0 spiro atoms. The second-order valence-corrected chi connectivity index (χ2v) is 19.2. The minimum atomic E-state index is -0.942. The average molecular weight is 882 g/mol. The molecule has 0 bridgehead atoms. The number of hydrogen-bond donors (Lipinski definition) is 4. The van der Waals surface area contributed by atoms with Gasteiger partial charge < -0.3 is 34.8 Å². The number of likely N-dealkylation sites (tertiary alicyclic amines) is 1. The van der Waals surface area contributed by atoms with Gasteiger partial charge in [0.05, 0.1) is 47.9 Å². The Balaban J connectivity index is 0.919. The molecule has 1 aliphatic carbocycles. The number of nitrogens with one attached hydrogen (secondary N) is 3. The van der Waals surface area contributed by atoms with Crippen LogP contribution in [-0.2, 0) is 22.3 Å². The highest BCUT2D eigenvalue weighted by atomic mass is 16.5. The first-order chi connectivity index (χ1) is 32.0.